The molecule has 6 unspecified atom stereocenters. The summed E-state index contributed by atoms with van der Waals surface area (Å²) in [7, 11) is -5.11. The van der Waals surface area contributed by atoms with Crippen molar-refractivity contribution in [3.63, 3.8) is 0 Å². The number of allylic oxidation sites excluding steroid dienone is 8. The Labute approximate surface area is 354 Å². The Kier molecular flexibility index (Phi) is 32.9. The fraction of sp³-hybridized carbons (Fsp3) is 0.778. The number of esters is 2. The number of phosphoric acid groups is 1. The van der Waals surface area contributed by atoms with E-state index in [2.05, 4.69) is 62.5 Å². The third-order valence-electron chi connectivity index (χ3n) is 10.2. The van der Waals surface area contributed by atoms with Crippen LogP contribution in [0.4, 0.5) is 0 Å². The lowest BCUT2D eigenvalue weighted by atomic mass is 9.85. The first-order chi connectivity index (χ1) is 28.4. The standard InChI is InChI=1S/C45H79O13P/c1-3-5-7-9-11-12-13-14-15-16-17-18-19-20-21-22-23-24-25-26-28-30-32-34-39(47)57-37(35-55-38(46)33-31-29-27-10-8-6-4-2)36-56-59(53,54)58-45-43(51)41(49)40(48)42(50)44(45)52/h5,7,11-12,14-15,17-18,37,40-45,48-52H,3-4,6,8-10,13,16,19-36H2,1-2H3,(H,53,54)/b7-5-,12-11-,15-14-,18-17-. The lowest BCUT2D eigenvalue weighted by Gasteiger charge is -2.41. The Morgan fingerprint density at radius 3 is 1.47 bits per heavy atom. The second kappa shape index (κ2) is 35.4. The number of aliphatic hydroxyl groups is 5. The lowest BCUT2D eigenvalue weighted by Crippen LogP contribution is -2.64. The molecular weight excluding hydrogens is 779 g/mol. The maximum atomic E-state index is 12.8. The van der Waals surface area contributed by atoms with Gasteiger partial charge in [-0.25, -0.2) is 4.57 Å². The third kappa shape index (κ3) is 28.1. The van der Waals surface area contributed by atoms with Crippen molar-refractivity contribution < 1.29 is 63.1 Å². The first-order valence-electron chi connectivity index (χ1n) is 22.4. The predicted molar refractivity (Wildman–Crippen MR) is 230 cm³/mol. The summed E-state index contributed by atoms with van der Waals surface area (Å²) in [6, 6.07) is 0. The van der Waals surface area contributed by atoms with Crippen molar-refractivity contribution in [2.75, 3.05) is 13.2 Å². The van der Waals surface area contributed by atoms with Crippen LogP contribution < -0.4 is 0 Å². The van der Waals surface area contributed by atoms with Gasteiger partial charge in [0.1, 0.15) is 43.2 Å². The minimum absolute atomic E-state index is 0.0909. The summed E-state index contributed by atoms with van der Waals surface area (Å²) in [5.74, 6) is -1.11. The van der Waals surface area contributed by atoms with Gasteiger partial charge in [0, 0.05) is 12.8 Å². The van der Waals surface area contributed by atoms with Gasteiger partial charge in [0.05, 0.1) is 6.61 Å². The Morgan fingerprint density at radius 1 is 0.542 bits per heavy atom. The number of hydrogen-bond acceptors (Lipinski definition) is 12. The molecule has 0 heterocycles. The SMILES string of the molecule is CC/C=C\C/C=C\C/C=C\C/C=C\CCCCCCCCCCCCC(=O)OC(COC(=O)CCCCCCCCC)COP(=O)(O)OC1C(O)C(O)C(O)C(O)C1O. The normalized spacial score (nSPS) is 22.8. The Hall–Kier alpha value is -2.19. The molecule has 0 aromatic heterocycles. The largest absolute Gasteiger partial charge is 0.472 e. The van der Waals surface area contributed by atoms with Crippen molar-refractivity contribution in [1.82, 2.24) is 0 Å². The van der Waals surface area contributed by atoms with E-state index in [1.807, 2.05) is 0 Å². The molecule has 1 aliphatic rings. The van der Waals surface area contributed by atoms with E-state index in [1.54, 1.807) is 0 Å². The van der Waals surface area contributed by atoms with Crippen LogP contribution in [0.2, 0.25) is 0 Å². The van der Waals surface area contributed by atoms with E-state index in [1.165, 1.54) is 38.5 Å². The number of phosphoric ester groups is 1. The summed E-state index contributed by atoms with van der Waals surface area (Å²) in [4.78, 5) is 35.5. The van der Waals surface area contributed by atoms with Crippen LogP contribution in [0.25, 0.3) is 0 Å². The van der Waals surface area contributed by atoms with Crippen LogP contribution in [0.5, 0.6) is 0 Å². The van der Waals surface area contributed by atoms with Crippen molar-refractivity contribution in [2.24, 2.45) is 0 Å². The molecule has 59 heavy (non-hydrogen) atoms. The summed E-state index contributed by atoms with van der Waals surface area (Å²) in [5, 5.41) is 50.0. The van der Waals surface area contributed by atoms with Crippen LogP contribution in [0.15, 0.2) is 48.6 Å². The van der Waals surface area contributed by atoms with Crippen LogP contribution in [0.3, 0.4) is 0 Å². The van der Waals surface area contributed by atoms with Gasteiger partial charge in [0.15, 0.2) is 6.10 Å². The molecule has 0 aromatic rings. The first-order valence-corrected chi connectivity index (χ1v) is 23.9. The van der Waals surface area contributed by atoms with Gasteiger partial charge < -0.3 is 39.9 Å². The molecule has 0 amide bonds. The molecule has 342 valence electrons. The molecule has 1 fully saturated rings. The van der Waals surface area contributed by atoms with Gasteiger partial charge in [-0.05, 0) is 51.4 Å². The van der Waals surface area contributed by atoms with E-state index in [9.17, 15) is 44.6 Å². The summed E-state index contributed by atoms with van der Waals surface area (Å²) < 4.78 is 33.4. The quantitative estimate of drug-likeness (QED) is 0.0152. The zero-order chi connectivity index (χ0) is 43.6. The molecule has 0 saturated heterocycles. The molecule has 13 nitrogen and oxygen atoms in total. The highest BCUT2D eigenvalue weighted by atomic mass is 31.2. The average Bonchev–Trinajstić information content (AvgIpc) is 3.21. The number of carbonyl (C=O) groups excluding carboxylic acids is 2. The fourth-order valence-electron chi connectivity index (χ4n) is 6.57. The van der Waals surface area contributed by atoms with E-state index in [-0.39, 0.29) is 12.8 Å². The second-order valence-electron chi connectivity index (χ2n) is 15.5. The highest BCUT2D eigenvalue weighted by Crippen LogP contribution is 2.47. The van der Waals surface area contributed by atoms with Crippen molar-refractivity contribution in [3.8, 4) is 0 Å². The van der Waals surface area contributed by atoms with Gasteiger partial charge in [-0.2, -0.15) is 0 Å². The van der Waals surface area contributed by atoms with E-state index in [0.717, 1.165) is 89.9 Å². The number of hydrogen-bond donors (Lipinski definition) is 6. The average molecular weight is 859 g/mol. The molecule has 1 saturated carbocycles. The zero-order valence-corrected chi connectivity index (χ0v) is 36.9. The Morgan fingerprint density at radius 2 is 0.966 bits per heavy atom. The van der Waals surface area contributed by atoms with Crippen molar-refractivity contribution in [2.45, 2.75) is 211 Å². The predicted octanol–water partition coefficient (Wildman–Crippen LogP) is 8.39. The molecule has 0 aliphatic heterocycles. The lowest BCUT2D eigenvalue weighted by molar-refractivity contribution is -0.220. The number of carbonyl (C=O) groups is 2. The summed E-state index contributed by atoms with van der Waals surface area (Å²) in [6.45, 7) is 3.11. The number of rotatable bonds is 36. The van der Waals surface area contributed by atoms with E-state index in [0.29, 0.717) is 12.8 Å². The minimum Gasteiger partial charge on any atom is -0.462 e. The van der Waals surface area contributed by atoms with Gasteiger partial charge in [-0.1, -0.05) is 152 Å². The molecule has 1 rings (SSSR count). The van der Waals surface area contributed by atoms with Crippen molar-refractivity contribution >= 4 is 19.8 Å². The van der Waals surface area contributed by atoms with E-state index < -0.39 is 75.7 Å². The smallest absolute Gasteiger partial charge is 0.462 e. The van der Waals surface area contributed by atoms with Crippen LogP contribution >= 0.6 is 7.82 Å². The number of ether oxygens (including phenoxy) is 2. The van der Waals surface area contributed by atoms with Gasteiger partial charge in [-0.3, -0.25) is 18.6 Å². The molecule has 0 bridgehead atoms. The fourth-order valence-corrected chi connectivity index (χ4v) is 7.54. The first kappa shape index (κ1) is 54.8. The summed E-state index contributed by atoms with van der Waals surface area (Å²) in [6.07, 6.45) is 27.8. The van der Waals surface area contributed by atoms with Crippen molar-refractivity contribution in [3.05, 3.63) is 48.6 Å². The number of aliphatic hydroxyl groups excluding tert-OH is 5. The van der Waals surface area contributed by atoms with Gasteiger partial charge in [-0.15, -0.1) is 0 Å². The highest BCUT2D eigenvalue weighted by Gasteiger charge is 2.51. The zero-order valence-electron chi connectivity index (χ0n) is 36.0. The van der Waals surface area contributed by atoms with Crippen LogP contribution in [0, 0.1) is 0 Å². The monoisotopic (exact) mass is 859 g/mol. The molecule has 6 N–H and O–H groups in total. The van der Waals surface area contributed by atoms with Crippen LogP contribution in [-0.4, -0.2) is 98.3 Å². The molecule has 14 heteroatoms. The summed E-state index contributed by atoms with van der Waals surface area (Å²) >= 11 is 0. The van der Waals surface area contributed by atoms with Gasteiger partial charge in [0.2, 0.25) is 0 Å². The van der Waals surface area contributed by atoms with E-state index >= 15 is 0 Å². The van der Waals surface area contributed by atoms with Crippen LogP contribution in [-0.2, 0) is 32.7 Å². The Bertz CT molecular complexity index is 1220. The molecule has 0 aromatic carbocycles. The summed E-state index contributed by atoms with van der Waals surface area (Å²) in [5.41, 5.74) is 0. The molecule has 0 radical (unpaired) electrons. The highest BCUT2D eigenvalue weighted by molar-refractivity contribution is 7.47. The molecule has 6 atom stereocenters. The molecule has 0 spiro atoms. The topological polar surface area (TPSA) is 210 Å². The second-order valence-corrected chi connectivity index (χ2v) is 16.9. The maximum absolute atomic E-state index is 12.8. The Balaban J connectivity index is 2.36. The molecule has 1 aliphatic carbocycles. The van der Waals surface area contributed by atoms with Gasteiger partial charge in [0.25, 0.3) is 0 Å². The van der Waals surface area contributed by atoms with Crippen LogP contribution in [0.1, 0.15) is 168 Å². The van der Waals surface area contributed by atoms with E-state index in [4.69, 9.17) is 18.5 Å². The minimum atomic E-state index is -5.11. The van der Waals surface area contributed by atoms with Gasteiger partial charge >= 0.3 is 19.8 Å². The number of unbranched alkanes of at least 4 members (excludes halogenated alkanes) is 16. The maximum Gasteiger partial charge on any atom is 0.472 e. The molecular formula is C45H79O13P. The van der Waals surface area contributed by atoms with Crippen molar-refractivity contribution in [1.29, 1.82) is 0 Å². The third-order valence-corrected chi connectivity index (χ3v) is 11.2.